The predicted molar refractivity (Wildman–Crippen MR) is 101 cm³/mol. The van der Waals surface area contributed by atoms with Gasteiger partial charge in [-0.05, 0) is 37.0 Å². The van der Waals surface area contributed by atoms with Gasteiger partial charge in [0.2, 0.25) is 0 Å². The zero-order valence-electron chi connectivity index (χ0n) is 14.8. The molecule has 4 nitrogen and oxygen atoms in total. The molecule has 0 amide bonds. The lowest BCUT2D eigenvalue weighted by molar-refractivity contribution is 0.211. The van der Waals surface area contributed by atoms with Crippen LogP contribution in [-0.2, 0) is 5.41 Å². The van der Waals surface area contributed by atoms with Gasteiger partial charge in [-0.2, -0.15) is 4.98 Å². The molecule has 5 rings (SSSR count). The van der Waals surface area contributed by atoms with Crippen LogP contribution < -0.4 is 5.32 Å². The lowest BCUT2D eigenvalue weighted by Gasteiger charge is -2.39. The standard InChI is InChI=1S/C22H23N3O/c1-3-8-16(9-4-1)18-14-19(18)23-15-22(12-7-13-22)21-24-20(26-25-21)17-10-5-2-6-11-17/h1-6,8-11,18-19,23H,7,12-15H2/t18-,19+/m1/s1. The molecule has 1 heterocycles. The molecule has 1 N–H and O–H groups in total. The summed E-state index contributed by atoms with van der Waals surface area (Å²) in [6.45, 7) is 0.939. The van der Waals surface area contributed by atoms with Crippen molar-refractivity contribution in [2.75, 3.05) is 6.54 Å². The summed E-state index contributed by atoms with van der Waals surface area (Å²) < 4.78 is 5.56. The van der Waals surface area contributed by atoms with Gasteiger partial charge in [0, 0.05) is 29.5 Å². The molecule has 0 aliphatic heterocycles. The van der Waals surface area contributed by atoms with Crippen molar-refractivity contribution in [3.05, 3.63) is 72.1 Å². The second-order valence-electron chi connectivity index (χ2n) is 7.66. The van der Waals surface area contributed by atoms with E-state index in [-0.39, 0.29) is 5.41 Å². The van der Waals surface area contributed by atoms with Gasteiger partial charge in [-0.1, -0.05) is 60.1 Å². The van der Waals surface area contributed by atoms with Crippen molar-refractivity contribution < 1.29 is 4.52 Å². The Morgan fingerprint density at radius 2 is 1.73 bits per heavy atom. The average molecular weight is 345 g/mol. The summed E-state index contributed by atoms with van der Waals surface area (Å²) >= 11 is 0. The number of hydrogen-bond acceptors (Lipinski definition) is 4. The third-order valence-corrected chi connectivity index (χ3v) is 5.95. The quantitative estimate of drug-likeness (QED) is 0.723. The summed E-state index contributed by atoms with van der Waals surface area (Å²) in [6.07, 6.45) is 4.73. The van der Waals surface area contributed by atoms with E-state index >= 15 is 0 Å². The lowest BCUT2D eigenvalue weighted by Crippen LogP contribution is -2.45. The van der Waals surface area contributed by atoms with Crippen LogP contribution in [0.4, 0.5) is 0 Å². The SMILES string of the molecule is c1ccc(-c2nc(C3(CN[C@H]4C[C@@H]4c4ccccc4)CCC3)no2)cc1. The Labute approximate surface area is 153 Å². The minimum Gasteiger partial charge on any atom is -0.334 e. The fraction of sp³-hybridized carbons (Fsp3) is 0.364. The van der Waals surface area contributed by atoms with E-state index in [1.54, 1.807) is 0 Å². The van der Waals surface area contributed by atoms with Crippen molar-refractivity contribution in [2.24, 2.45) is 0 Å². The van der Waals surface area contributed by atoms with Gasteiger partial charge >= 0.3 is 0 Å². The lowest BCUT2D eigenvalue weighted by atomic mass is 9.68. The molecule has 2 atom stereocenters. The normalized spacial score (nSPS) is 23.4. The van der Waals surface area contributed by atoms with Gasteiger partial charge in [-0.3, -0.25) is 0 Å². The summed E-state index contributed by atoms with van der Waals surface area (Å²) in [4.78, 5) is 4.73. The van der Waals surface area contributed by atoms with Gasteiger partial charge in [-0.15, -0.1) is 0 Å². The molecule has 0 radical (unpaired) electrons. The van der Waals surface area contributed by atoms with Crippen LogP contribution in [0.5, 0.6) is 0 Å². The second kappa shape index (κ2) is 6.36. The number of nitrogens with one attached hydrogen (secondary N) is 1. The Morgan fingerprint density at radius 1 is 1.00 bits per heavy atom. The molecule has 2 aliphatic carbocycles. The fourth-order valence-corrected chi connectivity index (χ4v) is 4.04. The molecule has 2 aromatic carbocycles. The first-order chi connectivity index (χ1) is 12.8. The molecule has 132 valence electrons. The summed E-state index contributed by atoms with van der Waals surface area (Å²) in [6, 6.07) is 21.4. The highest BCUT2D eigenvalue weighted by molar-refractivity contribution is 5.52. The van der Waals surface area contributed by atoms with Gasteiger partial charge in [-0.25, -0.2) is 0 Å². The molecular weight excluding hydrogens is 322 g/mol. The van der Waals surface area contributed by atoms with Crippen LogP contribution in [0.2, 0.25) is 0 Å². The highest BCUT2D eigenvalue weighted by Crippen LogP contribution is 2.45. The summed E-state index contributed by atoms with van der Waals surface area (Å²) in [7, 11) is 0. The number of hydrogen-bond donors (Lipinski definition) is 1. The maximum atomic E-state index is 5.56. The molecule has 2 fully saturated rings. The van der Waals surface area contributed by atoms with E-state index in [9.17, 15) is 0 Å². The van der Waals surface area contributed by atoms with E-state index < -0.39 is 0 Å². The van der Waals surface area contributed by atoms with Crippen LogP contribution in [0.25, 0.3) is 11.5 Å². The van der Waals surface area contributed by atoms with Crippen LogP contribution in [0.3, 0.4) is 0 Å². The zero-order valence-corrected chi connectivity index (χ0v) is 14.8. The fourth-order valence-electron chi connectivity index (χ4n) is 4.04. The van der Waals surface area contributed by atoms with E-state index in [2.05, 4.69) is 40.8 Å². The Hall–Kier alpha value is -2.46. The Morgan fingerprint density at radius 3 is 2.42 bits per heavy atom. The molecular formula is C22H23N3O. The Balaban J connectivity index is 1.27. The number of nitrogens with zero attached hydrogens (tertiary/aromatic N) is 2. The number of aromatic nitrogens is 2. The first-order valence-corrected chi connectivity index (χ1v) is 9.52. The van der Waals surface area contributed by atoms with Gasteiger partial charge in [0.25, 0.3) is 5.89 Å². The van der Waals surface area contributed by atoms with Crippen molar-refractivity contribution in [3.63, 3.8) is 0 Å². The summed E-state index contributed by atoms with van der Waals surface area (Å²) in [5, 5.41) is 8.11. The topological polar surface area (TPSA) is 51.0 Å². The van der Waals surface area contributed by atoms with Crippen LogP contribution in [0.1, 0.15) is 43.0 Å². The van der Waals surface area contributed by atoms with Crippen molar-refractivity contribution in [2.45, 2.75) is 43.1 Å². The zero-order chi connectivity index (χ0) is 17.4. The molecule has 4 heteroatoms. The van der Waals surface area contributed by atoms with Gasteiger partial charge < -0.3 is 9.84 Å². The summed E-state index contributed by atoms with van der Waals surface area (Å²) in [5.41, 5.74) is 2.47. The molecule has 0 bridgehead atoms. The van der Waals surface area contributed by atoms with Crippen LogP contribution in [0.15, 0.2) is 65.2 Å². The highest BCUT2D eigenvalue weighted by atomic mass is 16.5. The molecule has 1 aromatic heterocycles. The van der Waals surface area contributed by atoms with Crippen molar-refractivity contribution >= 4 is 0 Å². The van der Waals surface area contributed by atoms with Crippen LogP contribution in [0, 0.1) is 0 Å². The minimum atomic E-state index is 0.0420. The minimum absolute atomic E-state index is 0.0420. The molecule has 2 saturated carbocycles. The third kappa shape index (κ3) is 2.84. The number of rotatable bonds is 6. The largest absolute Gasteiger partial charge is 0.334 e. The van der Waals surface area contributed by atoms with Crippen molar-refractivity contribution in [1.82, 2.24) is 15.5 Å². The van der Waals surface area contributed by atoms with E-state index in [1.165, 1.54) is 18.4 Å². The van der Waals surface area contributed by atoms with E-state index in [0.717, 1.165) is 30.8 Å². The number of benzene rings is 2. The van der Waals surface area contributed by atoms with Gasteiger partial charge in [0.15, 0.2) is 5.82 Å². The smallest absolute Gasteiger partial charge is 0.257 e. The Bertz CT molecular complexity index is 871. The predicted octanol–water partition coefficient (Wildman–Crippen LogP) is 4.30. The van der Waals surface area contributed by atoms with E-state index in [1.807, 2.05) is 30.3 Å². The summed E-state index contributed by atoms with van der Waals surface area (Å²) in [5.74, 6) is 2.14. The maximum absolute atomic E-state index is 5.56. The van der Waals surface area contributed by atoms with Gasteiger partial charge in [0.1, 0.15) is 0 Å². The van der Waals surface area contributed by atoms with E-state index in [0.29, 0.717) is 17.9 Å². The van der Waals surface area contributed by atoms with Gasteiger partial charge in [0.05, 0.1) is 0 Å². The third-order valence-electron chi connectivity index (χ3n) is 5.95. The van der Waals surface area contributed by atoms with Crippen molar-refractivity contribution in [3.8, 4) is 11.5 Å². The highest BCUT2D eigenvalue weighted by Gasteiger charge is 2.46. The molecule has 3 aromatic rings. The molecule has 2 aliphatic rings. The second-order valence-corrected chi connectivity index (χ2v) is 7.66. The van der Waals surface area contributed by atoms with Crippen LogP contribution in [-0.4, -0.2) is 22.7 Å². The van der Waals surface area contributed by atoms with Crippen LogP contribution >= 0.6 is 0 Å². The average Bonchev–Trinajstić information content (AvgIpc) is 3.28. The first-order valence-electron chi connectivity index (χ1n) is 9.52. The monoisotopic (exact) mass is 345 g/mol. The molecule has 0 unspecified atom stereocenters. The Kier molecular flexibility index (Phi) is 3.86. The molecule has 0 spiro atoms. The molecule has 26 heavy (non-hydrogen) atoms. The molecule has 0 saturated heterocycles. The van der Waals surface area contributed by atoms with Crippen molar-refractivity contribution in [1.29, 1.82) is 0 Å². The first kappa shape index (κ1) is 15.8. The maximum Gasteiger partial charge on any atom is 0.257 e. The van der Waals surface area contributed by atoms with E-state index in [4.69, 9.17) is 9.51 Å².